The highest BCUT2D eigenvalue weighted by Crippen LogP contribution is 2.53. The number of carbonyl (C=O) groups is 1. The Balaban J connectivity index is 2.11. The van der Waals surface area contributed by atoms with Crippen molar-refractivity contribution in [3.8, 4) is 11.5 Å². The molecular formula is C16H18O4. The average molecular weight is 274 g/mol. The molecule has 106 valence electrons. The minimum atomic E-state index is -0.871. The Morgan fingerprint density at radius 1 is 1.40 bits per heavy atom. The van der Waals surface area contributed by atoms with Crippen LogP contribution in [0.1, 0.15) is 38.2 Å². The molecule has 2 aliphatic rings. The van der Waals surface area contributed by atoms with E-state index < -0.39 is 5.97 Å². The molecular weight excluding hydrogens is 256 g/mol. The van der Waals surface area contributed by atoms with Crippen LogP contribution >= 0.6 is 0 Å². The molecule has 0 radical (unpaired) electrons. The van der Waals surface area contributed by atoms with Crippen molar-refractivity contribution in [2.75, 3.05) is 0 Å². The summed E-state index contributed by atoms with van der Waals surface area (Å²) in [6, 6.07) is 5.23. The zero-order valence-electron chi connectivity index (χ0n) is 11.6. The van der Waals surface area contributed by atoms with Crippen LogP contribution in [0, 0.1) is 5.92 Å². The van der Waals surface area contributed by atoms with E-state index in [9.17, 15) is 15.0 Å². The first-order valence-electron chi connectivity index (χ1n) is 6.83. The van der Waals surface area contributed by atoms with Crippen LogP contribution in [-0.4, -0.2) is 21.8 Å². The Kier molecular flexibility index (Phi) is 2.78. The van der Waals surface area contributed by atoms with Gasteiger partial charge in [-0.15, -0.1) is 0 Å². The fourth-order valence-corrected chi connectivity index (χ4v) is 3.50. The summed E-state index contributed by atoms with van der Waals surface area (Å²) in [5.41, 5.74) is 0.813. The summed E-state index contributed by atoms with van der Waals surface area (Å²) >= 11 is 0. The minimum absolute atomic E-state index is 0.00829. The number of phenolic OH excluding ortho intramolecular Hbond substituents is 1. The normalized spacial score (nSPS) is 26.8. The average Bonchev–Trinajstić information content (AvgIpc) is 2.37. The lowest BCUT2D eigenvalue weighted by Gasteiger charge is -2.46. The Labute approximate surface area is 117 Å². The third kappa shape index (κ3) is 1.87. The second-order valence-corrected chi connectivity index (χ2v) is 6.08. The number of carboxylic acid groups (broad SMARTS) is 1. The fraction of sp³-hybridized carbons (Fsp3) is 0.438. The lowest BCUT2D eigenvalue weighted by atomic mass is 9.67. The van der Waals surface area contributed by atoms with Crippen molar-refractivity contribution in [2.24, 2.45) is 5.92 Å². The molecule has 0 spiro atoms. The zero-order valence-corrected chi connectivity index (χ0v) is 11.6. The number of aromatic hydroxyl groups is 1. The highest BCUT2D eigenvalue weighted by molar-refractivity contribution is 5.87. The van der Waals surface area contributed by atoms with E-state index in [-0.39, 0.29) is 23.2 Å². The highest BCUT2D eigenvalue weighted by Gasteiger charge is 2.46. The third-order valence-corrected chi connectivity index (χ3v) is 4.50. The van der Waals surface area contributed by atoms with Crippen LogP contribution in [0.2, 0.25) is 0 Å². The largest absolute Gasteiger partial charge is 0.508 e. The van der Waals surface area contributed by atoms with Gasteiger partial charge in [-0.2, -0.15) is 0 Å². The maximum absolute atomic E-state index is 11.2. The van der Waals surface area contributed by atoms with E-state index in [1.807, 2.05) is 19.9 Å². The van der Waals surface area contributed by atoms with Crippen molar-refractivity contribution in [3.05, 3.63) is 35.4 Å². The van der Waals surface area contributed by atoms with Crippen molar-refractivity contribution in [1.29, 1.82) is 0 Å². The smallest absolute Gasteiger partial charge is 0.331 e. The van der Waals surface area contributed by atoms with Gasteiger partial charge in [-0.25, -0.2) is 4.79 Å². The predicted octanol–water partition coefficient (Wildman–Crippen LogP) is 3.07. The molecule has 0 bridgehead atoms. The summed E-state index contributed by atoms with van der Waals surface area (Å²) in [7, 11) is 0. The Hall–Kier alpha value is -1.97. The second-order valence-electron chi connectivity index (χ2n) is 6.08. The molecule has 2 N–H and O–H groups in total. The molecule has 1 aromatic rings. The molecule has 4 nitrogen and oxygen atoms in total. The highest BCUT2D eigenvalue weighted by atomic mass is 16.5. The summed E-state index contributed by atoms with van der Waals surface area (Å²) in [6.45, 7) is 4.05. The number of carboxylic acids is 1. The van der Waals surface area contributed by atoms with E-state index in [0.717, 1.165) is 5.56 Å². The number of fused-ring (bicyclic) bond motifs is 3. The van der Waals surface area contributed by atoms with Gasteiger partial charge in [-0.1, -0.05) is 12.1 Å². The zero-order chi connectivity index (χ0) is 14.5. The number of aliphatic carboxylic acids is 1. The van der Waals surface area contributed by atoms with E-state index in [1.165, 1.54) is 0 Å². The molecule has 1 aliphatic heterocycles. The van der Waals surface area contributed by atoms with E-state index in [0.29, 0.717) is 24.2 Å². The van der Waals surface area contributed by atoms with Crippen LogP contribution in [0.25, 0.3) is 0 Å². The number of hydrogen-bond acceptors (Lipinski definition) is 3. The molecule has 1 heterocycles. The fourth-order valence-electron chi connectivity index (χ4n) is 3.50. The third-order valence-electron chi connectivity index (χ3n) is 4.50. The number of rotatable bonds is 1. The van der Waals surface area contributed by atoms with E-state index >= 15 is 0 Å². The second kappa shape index (κ2) is 4.27. The quantitative estimate of drug-likeness (QED) is 0.826. The lowest BCUT2D eigenvalue weighted by molar-refractivity contribution is -0.133. The number of phenols is 1. The number of benzene rings is 1. The summed E-state index contributed by atoms with van der Waals surface area (Å²) < 4.78 is 6.03. The predicted molar refractivity (Wildman–Crippen MR) is 74.0 cm³/mol. The van der Waals surface area contributed by atoms with E-state index in [2.05, 4.69) is 0 Å². The van der Waals surface area contributed by atoms with Gasteiger partial charge < -0.3 is 14.9 Å². The van der Waals surface area contributed by atoms with Crippen LogP contribution in [0.3, 0.4) is 0 Å². The molecule has 3 rings (SSSR count). The first-order chi connectivity index (χ1) is 9.40. The lowest BCUT2D eigenvalue weighted by Crippen LogP contribution is -2.45. The van der Waals surface area contributed by atoms with Crippen LogP contribution in [0.5, 0.6) is 11.5 Å². The van der Waals surface area contributed by atoms with Crippen molar-refractivity contribution in [3.63, 3.8) is 0 Å². The van der Waals surface area contributed by atoms with Gasteiger partial charge in [0.2, 0.25) is 0 Å². The summed E-state index contributed by atoms with van der Waals surface area (Å²) in [5.74, 6) is 0.157. The first-order valence-corrected chi connectivity index (χ1v) is 6.83. The molecule has 0 saturated carbocycles. The molecule has 1 aliphatic carbocycles. The minimum Gasteiger partial charge on any atom is -0.508 e. The van der Waals surface area contributed by atoms with Gasteiger partial charge in [-0.3, -0.25) is 0 Å². The van der Waals surface area contributed by atoms with Gasteiger partial charge in [-0.05, 0) is 38.8 Å². The van der Waals surface area contributed by atoms with Gasteiger partial charge >= 0.3 is 5.97 Å². The monoisotopic (exact) mass is 274 g/mol. The molecule has 1 unspecified atom stereocenters. The first kappa shape index (κ1) is 13.0. The van der Waals surface area contributed by atoms with E-state index in [4.69, 9.17) is 4.74 Å². The van der Waals surface area contributed by atoms with Crippen LogP contribution in [0.4, 0.5) is 0 Å². The standard InChI is InChI=1S/C16H18O4/c1-16(2)11-7-6-9(15(18)19)8-10(11)14-12(17)4-3-5-13(14)20-16/h3-6,10-11,17H,7-8H2,1-2H3,(H,18,19)/t10?,11-/m1/s1. The van der Waals surface area contributed by atoms with Crippen molar-refractivity contribution in [2.45, 2.75) is 38.2 Å². The molecule has 0 saturated heterocycles. The van der Waals surface area contributed by atoms with Gasteiger partial charge in [0, 0.05) is 23.0 Å². The maximum atomic E-state index is 11.2. The molecule has 0 fully saturated rings. The van der Waals surface area contributed by atoms with Gasteiger partial charge in [0.05, 0.1) is 0 Å². The number of hydrogen-bond donors (Lipinski definition) is 2. The molecule has 4 heteroatoms. The molecule has 2 atom stereocenters. The Morgan fingerprint density at radius 3 is 2.85 bits per heavy atom. The van der Waals surface area contributed by atoms with Crippen molar-refractivity contribution in [1.82, 2.24) is 0 Å². The van der Waals surface area contributed by atoms with Gasteiger partial charge in [0.1, 0.15) is 17.1 Å². The SMILES string of the molecule is CC1(C)Oc2cccc(O)c2C2CC(C(=O)O)=CC[C@H]21. The Bertz CT molecular complexity index is 600. The maximum Gasteiger partial charge on any atom is 0.331 e. The molecule has 20 heavy (non-hydrogen) atoms. The molecule has 1 aromatic carbocycles. The number of allylic oxidation sites excluding steroid dienone is 1. The number of ether oxygens (including phenoxy) is 1. The van der Waals surface area contributed by atoms with Crippen molar-refractivity contribution < 1.29 is 19.7 Å². The van der Waals surface area contributed by atoms with Crippen molar-refractivity contribution >= 4 is 5.97 Å². The van der Waals surface area contributed by atoms with Gasteiger partial charge in [0.25, 0.3) is 0 Å². The van der Waals surface area contributed by atoms with Crippen LogP contribution in [-0.2, 0) is 4.79 Å². The summed E-state index contributed by atoms with van der Waals surface area (Å²) in [5, 5.41) is 19.4. The van der Waals surface area contributed by atoms with E-state index in [1.54, 1.807) is 18.2 Å². The Morgan fingerprint density at radius 2 is 2.15 bits per heavy atom. The summed E-state index contributed by atoms with van der Waals surface area (Å²) in [6.07, 6.45) is 2.89. The molecule has 0 amide bonds. The van der Waals surface area contributed by atoms with Gasteiger partial charge in [0.15, 0.2) is 0 Å². The van der Waals surface area contributed by atoms with Crippen LogP contribution in [0.15, 0.2) is 29.8 Å². The topological polar surface area (TPSA) is 66.8 Å². The van der Waals surface area contributed by atoms with Crippen LogP contribution < -0.4 is 4.74 Å². The molecule has 0 aromatic heterocycles. The summed E-state index contributed by atoms with van der Waals surface area (Å²) in [4.78, 5) is 11.2.